The number of halogens is 2. The lowest BCUT2D eigenvalue weighted by Gasteiger charge is -2.27. The molecule has 1 aliphatic carbocycles. The first-order valence-corrected chi connectivity index (χ1v) is 8.76. The molecule has 0 saturated heterocycles. The Morgan fingerprint density at radius 1 is 1.30 bits per heavy atom. The van der Waals surface area contributed by atoms with Crippen LogP contribution in [0.2, 0.25) is 0 Å². The summed E-state index contributed by atoms with van der Waals surface area (Å²) in [6, 6.07) is 4.33. The second-order valence-corrected chi connectivity index (χ2v) is 7.32. The maximum absolute atomic E-state index is 6.41. The molecular formula is C16H21BrClNO. The number of ether oxygens (including phenoxy) is 1. The van der Waals surface area contributed by atoms with Crippen LogP contribution in [0, 0.1) is 5.92 Å². The van der Waals surface area contributed by atoms with Gasteiger partial charge in [-0.05, 0) is 43.0 Å². The molecule has 1 fully saturated rings. The van der Waals surface area contributed by atoms with Crippen LogP contribution < -0.4 is 10.1 Å². The molecule has 4 heteroatoms. The molecule has 20 heavy (non-hydrogen) atoms. The number of benzene rings is 1. The molecule has 0 radical (unpaired) electrons. The van der Waals surface area contributed by atoms with E-state index < -0.39 is 0 Å². The standard InChI is InChI=1S/C16H21BrClNO/c17-14-7-11-5-6-20-16(11)13(8-14)10-19-9-12-3-1-2-4-15(12)18/h7-8,12,15,19H,1-6,9-10H2. The molecule has 2 unspecified atom stereocenters. The summed E-state index contributed by atoms with van der Waals surface area (Å²) >= 11 is 10.0. The zero-order valence-corrected chi connectivity index (χ0v) is 14.0. The van der Waals surface area contributed by atoms with Crippen LogP contribution in [0.5, 0.6) is 5.75 Å². The average molecular weight is 359 g/mol. The Morgan fingerprint density at radius 2 is 2.15 bits per heavy atom. The van der Waals surface area contributed by atoms with Crippen molar-refractivity contribution in [2.24, 2.45) is 5.92 Å². The summed E-state index contributed by atoms with van der Waals surface area (Å²) in [5.41, 5.74) is 2.58. The first kappa shape index (κ1) is 14.7. The van der Waals surface area contributed by atoms with Crippen molar-refractivity contribution in [3.63, 3.8) is 0 Å². The van der Waals surface area contributed by atoms with Crippen molar-refractivity contribution in [2.75, 3.05) is 13.2 Å². The topological polar surface area (TPSA) is 21.3 Å². The summed E-state index contributed by atoms with van der Waals surface area (Å²) in [6.07, 6.45) is 6.06. The predicted octanol–water partition coefficient (Wildman–Crippen LogP) is 4.27. The molecule has 0 spiro atoms. The normalized spacial score (nSPS) is 25.3. The fourth-order valence-electron chi connectivity index (χ4n) is 3.26. The number of hydrogen-bond acceptors (Lipinski definition) is 2. The van der Waals surface area contributed by atoms with E-state index in [0.29, 0.717) is 11.3 Å². The molecule has 1 aromatic rings. The van der Waals surface area contributed by atoms with E-state index in [9.17, 15) is 0 Å². The van der Waals surface area contributed by atoms with Gasteiger partial charge in [-0.3, -0.25) is 0 Å². The maximum atomic E-state index is 6.41. The second-order valence-electron chi connectivity index (χ2n) is 5.84. The van der Waals surface area contributed by atoms with Gasteiger partial charge in [-0.1, -0.05) is 28.8 Å². The molecule has 1 saturated carbocycles. The number of rotatable bonds is 4. The van der Waals surface area contributed by atoms with Crippen LogP contribution >= 0.6 is 27.5 Å². The third kappa shape index (κ3) is 3.32. The summed E-state index contributed by atoms with van der Waals surface area (Å²) in [7, 11) is 0. The molecule has 2 atom stereocenters. The monoisotopic (exact) mass is 357 g/mol. The van der Waals surface area contributed by atoms with Crippen LogP contribution in [0.15, 0.2) is 16.6 Å². The van der Waals surface area contributed by atoms with Gasteiger partial charge in [0.15, 0.2) is 0 Å². The van der Waals surface area contributed by atoms with E-state index in [-0.39, 0.29) is 0 Å². The summed E-state index contributed by atoms with van der Waals surface area (Å²) in [4.78, 5) is 0. The first-order chi connectivity index (χ1) is 9.74. The lowest BCUT2D eigenvalue weighted by Crippen LogP contribution is -2.30. The van der Waals surface area contributed by atoms with Gasteiger partial charge in [0.1, 0.15) is 5.75 Å². The highest BCUT2D eigenvalue weighted by Gasteiger charge is 2.23. The van der Waals surface area contributed by atoms with Crippen molar-refractivity contribution in [3.8, 4) is 5.75 Å². The van der Waals surface area contributed by atoms with Crippen molar-refractivity contribution in [1.29, 1.82) is 0 Å². The SMILES string of the molecule is ClC1CCCCC1CNCc1cc(Br)cc2c1OCC2. The van der Waals surface area contributed by atoms with Crippen molar-refractivity contribution in [1.82, 2.24) is 5.32 Å². The molecule has 0 aromatic heterocycles. The third-order valence-corrected chi connectivity index (χ3v) is 5.40. The Bertz CT molecular complexity index is 480. The van der Waals surface area contributed by atoms with Crippen LogP contribution in [0.3, 0.4) is 0 Å². The molecule has 2 aliphatic rings. The Morgan fingerprint density at radius 3 is 3.00 bits per heavy atom. The van der Waals surface area contributed by atoms with E-state index in [0.717, 1.165) is 36.3 Å². The van der Waals surface area contributed by atoms with Gasteiger partial charge in [0.05, 0.1) is 6.61 Å². The number of fused-ring (bicyclic) bond motifs is 1. The van der Waals surface area contributed by atoms with Crippen LogP contribution in [-0.2, 0) is 13.0 Å². The van der Waals surface area contributed by atoms with E-state index in [2.05, 4.69) is 33.4 Å². The van der Waals surface area contributed by atoms with Crippen molar-refractivity contribution in [2.45, 2.75) is 44.0 Å². The molecule has 1 aromatic carbocycles. The highest BCUT2D eigenvalue weighted by Crippen LogP contribution is 2.33. The van der Waals surface area contributed by atoms with Crippen LogP contribution in [0.1, 0.15) is 36.8 Å². The lowest BCUT2D eigenvalue weighted by atomic mass is 9.88. The second kappa shape index (κ2) is 6.67. The van der Waals surface area contributed by atoms with Gasteiger partial charge in [0.2, 0.25) is 0 Å². The van der Waals surface area contributed by atoms with Gasteiger partial charge in [-0.2, -0.15) is 0 Å². The molecule has 3 rings (SSSR count). The molecule has 0 amide bonds. The fourth-order valence-corrected chi connectivity index (χ4v) is 4.18. The van der Waals surface area contributed by atoms with Crippen LogP contribution in [0.4, 0.5) is 0 Å². The van der Waals surface area contributed by atoms with Gasteiger partial charge >= 0.3 is 0 Å². The minimum Gasteiger partial charge on any atom is -0.493 e. The van der Waals surface area contributed by atoms with Gasteiger partial charge in [-0.15, -0.1) is 11.6 Å². The quantitative estimate of drug-likeness (QED) is 0.812. The van der Waals surface area contributed by atoms with Crippen molar-refractivity contribution < 1.29 is 4.74 Å². The first-order valence-electron chi connectivity index (χ1n) is 7.53. The molecule has 1 heterocycles. The average Bonchev–Trinajstić information content (AvgIpc) is 2.89. The Balaban J connectivity index is 1.59. The Labute approximate surface area is 134 Å². The van der Waals surface area contributed by atoms with Gasteiger partial charge in [0.25, 0.3) is 0 Å². The summed E-state index contributed by atoms with van der Waals surface area (Å²) in [5.74, 6) is 1.71. The maximum Gasteiger partial charge on any atom is 0.127 e. The third-order valence-electron chi connectivity index (χ3n) is 4.36. The van der Waals surface area contributed by atoms with Crippen LogP contribution in [0.25, 0.3) is 0 Å². The number of nitrogens with one attached hydrogen (secondary N) is 1. The Kier molecular flexibility index (Phi) is 4.90. The van der Waals surface area contributed by atoms with Gasteiger partial charge in [0, 0.05) is 28.4 Å². The number of alkyl halides is 1. The van der Waals surface area contributed by atoms with Gasteiger partial charge < -0.3 is 10.1 Å². The van der Waals surface area contributed by atoms with E-state index in [4.69, 9.17) is 16.3 Å². The predicted molar refractivity (Wildman–Crippen MR) is 86.6 cm³/mol. The molecule has 1 N–H and O–H groups in total. The van der Waals surface area contributed by atoms with E-state index in [1.807, 2.05) is 0 Å². The summed E-state index contributed by atoms with van der Waals surface area (Å²) in [5, 5.41) is 3.92. The van der Waals surface area contributed by atoms with Crippen molar-refractivity contribution in [3.05, 3.63) is 27.7 Å². The summed E-state index contributed by atoms with van der Waals surface area (Å²) in [6.45, 7) is 2.68. The smallest absolute Gasteiger partial charge is 0.127 e. The molecule has 0 bridgehead atoms. The molecule has 110 valence electrons. The minimum absolute atomic E-state index is 0.348. The molecular weight excluding hydrogens is 338 g/mol. The Hall–Kier alpha value is -0.250. The van der Waals surface area contributed by atoms with E-state index in [1.165, 1.54) is 36.8 Å². The van der Waals surface area contributed by atoms with Crippen molar-refractivity contribution >= 4 is 27.5 Å². The zero-order valence-electron chi connectivity index (χ0n) is 11.6. The highest BCUT2D eigenvalue weighted by molar-refractivity contribution is 9.10. The molecule has 1 aliphatic heterocycles. The van der Waals surface area contributed by atoms with Gasteiger partial charge in [-0.25, -0.2) is 0 Å². The minimum atomic E-state index is 0.348. The van der Waals surface area contributed by atoms with E-state index >= 15 is 0 Å². The van der Waals surface area contributed by atoms with Crippen LogP contribution in [-0.4, -0.2) is 18.5 Å². The number of hydrogen-bond donors (Lipinski definition) is 1. The fraction of sp³-hybridized carbons (Fsp3) is 0.625. The lowest BCUT2D eigenvalue weighted by molar-refractivity contribution is 0.340. The zero-order chi connectivity index (χ0) is 13.9. The van der Waals surface area contributed by atoms with E-state index in [1.54, 1.807) is 0 Å². The highest BCUT2D eigenvalue weighted by atomic mass is 79.9. The summed E-state index contributed by atoms with van der Waals surface area (Å²) < 4.78 is 6.91. The largest absolute Gasteiger partial charge is 0.493 e. The molecule has 2 nitrogen and oxygen atoms in total.